The Balaban J connectivity index is 1.18. The summed E-state index contributed by atoms with van der Waals surface area (Å²) < 4.78 is 0. The van der Waals surface area contributed by atoms with Crippen LogP contribution in [0.25, 0.3) is 60.5 Å². The zero-order chi connectivity index (χ0) is 29.7. The number of nitrogens with one attached hydrogen (secondary N) is 2. The summed E-state index contributed by atoms with van der Waals surface area (Å²) in [6.07, 6.45) is 4.36. The zero-order valence-corrected chi connectivity index (χ0v) is 24.5. The van der Waals surface area contributed by atoms with Crippen molar-refractivity contribution in [1.29, 1.82) is 0 Å². The van der Waals surface area contributed by atoms with Gasteiger partial charge in [-0.15, -0.1) is 0 Å². The number of anilines is 1. The third-order valence-corrected chi connectivity index (χ3v) is 9.08. The van der Waals surface area contributed by atoms with Gasteiger partial charge in [-0.2, -0.15) is 0 Å². The average molecular weight is 576 g/mol. The molecule has 3 heteroatoms. The summed E-state index contributed by atoms with van der Waals surface area (Å²) in [4.78, 5) is 8.45. The van der Waals surface area contributed by atoms with Gasteiger partial charge in [0.25, 0.3) is 0 Å². The molecule has 0 saturated heterocycles. The quantitative estimate of drug-likeness (QED) is 0.219. The van der Waals surface area contributed by atoms with Crippen molar-refractivity contribution in [2.24, 2.45) is 0 Å². The van der Waals surface area contributed by atoms with Gasteiger partial charge in [-0.3, -0.25) is 0 Å². The molecule has 2 aromatic heterocycles. The van der Waals surface area contributed by atoms with Crippen molar-refractivity contribution in [2.45, 2.75) is 6.04 Å². The van der Waals surface area contributed by atoms with Gasteiger partial charge >= 0.3 is 0 Å². The van der Waals surface area contributed by atoms with Gasteiger partial charge in [-0.05, 0) is 62.9 Å². The molecule has 0 fully saturated rings. The Morgan fingerprint density at radius 1 is 0.556 bits per heavy atom. The van der Waals surface area contributed by atoms with Crippen LogP contribution in [0.3, 0.4) is 0 Å². The van der Waals surface area contributed by atoms with Gasteiger partial charge in [0.15, 0.2) is 0 Å². The summed E-state index contributed by atoms with van der Waals surface area (Å²) in [5, 5.41) is 8.69. The van der Waals surface area contributed by atoms with Crippen LogP contribution in [-0.4, -0.2) is 9.97 Å². The van der Waals surface area contributed by atoms with E-state index in [2.05, 4.69) is 162 Å². The molecule has 0 bridgehead atoms. The van der Waals surface area contributed by atoms with Crippen LogP contribution in [0.15, 0.2) is 158 Å². The molecule has 1 unspecified atom stereocenters. The lowest BCUT2D eigenvalue weighted by atomic mass is 9.84. The number of H-pyrrole nitrogens is 1. The molecule has 0 aliphatic carbocycles. The molecule has 2 N–H and O–H groups in total. The first-order chi connectivity index (χ1) is 22.3. The van der Waals surface area contributed by atoms with Crippen LogP contribution in [0.4, 0.5) is 5.69 Å². The van der Waals surface area contributed by atoms with E-state index in [1.165, 1.54) is 49.5 Å². The Bertz CT molecular complexity index is 2380. The maximum Gasteiger partial charge on any atom is 0.0950 e. The predicted octanol–water partition coefficient (Wildman–Crippen LogP) is 10.8. The standard InChI is InChI=1S/C42H29N3/c1-3-9-27(10-4-1)36-26-38(29-11-5-2-6-12-29)44-39-25-35(33-13-7-8-14-34(33)40(36)39)28-15-17-30(18-16-28)37-22-21-31-19-20-32-23-24-43-41(32)42(31)45-37/h1-26,38,43-44H. The largest absolute Gasteiger partial charge is 0.374 e. The van der Waals surface area contributed by atoms with Crippen LogP contribution in [-0.2, 0) is 0 Å². The number of aromatic nitrogens is 2. The number of pyridine rings is 1. The summed E-state index contributed by atoms with van der Waals surface area (Å²) in [6.45, 7) is 0. The molecule has 1 aliphatic heterocycles. The molecular formula is C42H29N3. The Morgan fingerprint density at radius 3 is 2.07 bits per heavy atom. The maximum atomic E-state index is 5.08. The minimum Gasteiger partial charge on any atom is -0.374 e. The Labute approximate surface area is 261 Å². The molecule has 3 heterocycles. The molecule has 212 valence electrons. The van der Waals surface area contributed by atoms with Crippen LogP contribution < -0.4 is 5.32 Å². The van der Waals surface area contributed by atoms with E-state index in [9.17, 15) is 0 Å². The van der Waals surface area contributed by atoms with Gasteiger partial charge < -0.3 is 10.3 Å². The summed E-state index contributed by atoms with van der Waals surface area (Å²) >= 11 is 0. The maximum absolute atomic E-state index is 5.08. The lowest BCUT2D eigenvalue weighted by molar-refractivity contribution is 0.975. The topological polar surface area (TPSA) is 40.7 Å². The molecule has 1 atom stereocenters. The molecule has 3 nitrogen and oxygen atoms in total. The van der Waals surface area contributed by atoms with E-state index in [1.54, 1.807) is 0 Å². The first-order valence-corrected chi connectivity index (χ1v) is 15.4. The van der Waals surface area contributed by atoms with Gasteiger partial charge in [0.2, 0.25) is 0 Å². The van der Waals surface area contributed by atoms with E-state index in [0.717, 1.165) is 33.4 Å². The Hall–Kier alpha value is -5.93. The molecular weight excluding hydrogens is 546 g/mol. The van der Waals surface area contributed by atoms with Crippen molar-refractivity contribution >= 4 is 43.8 Å². The van der Waals surface area contributed by atoms with Crippen LogP contribution in [0, 0.1) is 0 Å². The van der Waals surface area contributed by atoms with Gasteiger partial charge in [-0.25, -0.2) is 4.98 Å². The van der Waals surface area contributed by atoms with Crippen molar-refractivity contribution < 1.29 is 0 Å². The smallest absolute Gasteiger partial charge is 0.0950 e. The van der Waals surface area contributed by atoms with E-state index < -0.39 is 0 Å². The van der Waals surface area contributed by atoms with Crippen LogP contribution in [0.2, 0.25) is 0 Å². The third kappa shape index (κ3) is 4.32. The minimum absolute atomic E-state index is 0.0652. The van der Waals surface area contributed by atoms with Crippen molar-refractivity contribution in [3.05, 3.63) is 175 Å². The molecule has 0 radical (unpaired) electrons. The zero-order valence-electron chi connectivity index (χ0n) is 24.5. The highest BCUT2D eigenvalue weighted by Crippen LogP contribution is 2.46. The van der Waals surface area contributed by atoms with Crippen molar-refractivity contribution in [3.8, 4) is 22.4 Å². The van der Waals surface area contributed by atoms with Crippen molar-refractivity contribution in [1.82, 2.24) is 9.97 Å². The average Bonchev–Trinajstić information content (AvgIpc) is 3.61. The first-order valence-electron chi connectivity index (χ1n) is 15.4. The number of hydrogen-bond acceptors (Lipinski definition) is 2. The molecule has 0 saturated carbocycles. The number of fused-ring (bicyclic) bond motifs is 6. The van der Waals surface area contributed by atoms with E-state index in [1.807, 2.05) is 6.20 Å². The molecule has 9 rings (SSSR count). The monoisotopic (exact) mass is 575 g/mol. The Morgan fingerprint density at radius 2 is 1.24 bits per heavy atom. The summed E-state index contributed by atoms with van der Waals surface area (Å²) in [5.74, 6) is 0. The fourth-order valence-electron chi connectivity index (χ4n) is 6.87. The van der Waals surface area contributed by atoms with Crippen LogP contribution >= 0.6 is 0 Å². The lowest BCUT2D eigenvalue weighted by Gasteiger charge is -2.29. The molecule has 1 aliphatic rings. The van der Waals surface area contributed by atoms with Gasteiger partial charge in [0.05, 0.1) is 22.8 Å². The second kappa shape index (κ2) is 10.4. The molecule has 8 aromatic rings. The van der Waals surface area contributed by atoms with E-state index in [4.69, 9.17) is 4.98 Å². The van der Waals surface area contributed by atoms with Crippen LogP contribution in [0.1, 0.15) is 22.7 Å². The number of aromatic amines is 1. The molecule has 6 aromatic carbocycles. The second-order valence-corrected chi connectivity index (χ2v) is 11.7. The second-order valence-electron chi connectivity index (χ2n) is 11.7. The van der Waals surface area contributed by atoms with Gasteiger partial charge in [0.1, 0.15) is 0 Å². The highest BCUT2D eigenvalue weighted by atomic mass is 14.9. The minimum atomic E-state index is 0.0652. The Kier molecular flexibility index (Phi) is 5.88. The SMILES string of the molecule is C1=C(c2ccccc2)c2c(cc(-c3ccc(-c4ccc5ccc6cc[nH]c6c5n4)cc3)c3ccccc23)NC1c1ccccc1. The summed E-state index contributed by atoms with van der Waals surface area (Å²) in [5.41, 5.74) is 12.7. The van der Waals surface area contributed by atoms with Gasteiger partial charge in [0, 0.05) is 33.8 Å². The predicted molar refractivity (Wildman–Crippen MR) is 188 cm³/mol. The van der Waals surface area contributed by atoms with E-state index in [0.29, 0.717) is 0 Å². The van der Waals surface area contributed by atoms with Crippen molar-refractivity contribution in [2.75, 3.05) is 5.32 Å². The number of hydrogen-bond donors (Lipinski definition) is 2. The van der Waals surface area contributed by atoms with E-state index >= 15 is 0 Å². The third-order valence-electron chi connectivity index (χ3n) is 9.08. The fraction of sp³-hybridized carbons (Fsp3) is 0.0238. The van der Waals surface area contributed by atoms with Crippen molar-refractivity contribution in [3.63, 3.8) is 0 Å². The van der Waals surface area contributed by atoms with E-state index in [-0.39, 0.29) is 6.04 Å². The first kappa shape index (κ1) is 25.6. The summed E-state index contributed by atoms with van der Waals surface area (Å²) in [6, 6.07) is 52.2. The molecule has 0 spiro atoms. The number of rotatable bonds is 4. The molecule has 0 amide bonds. The highest BCUT2D eigenvalue weighted by Gasteiger charge is 2.25. The highest BCUT2D eigenvalue weighted by molar-refractivity contribution is 6.10. The molecule has 45 heavy (non-hydrogen) atoms. The normalized spacial score (nSPS) is 14.3. The summed E-state index contributed by atoms with van der Waals surface area (Å²) in [7, 11) is 0. The van der Waals surface area contributed by atoms with Gasteiger partial charge in [-0.1, -0.05) is 127 Å². The number of benzene rings is 6. The van der Waals surface area contributed by atoms with Crippen LogP contribution in [0.5, 0.6) is 0 Å². The number of nitrogens with zero attached hydrogens (tertiary/aromatic N) is 1. The lowest BCUT2D eigenvalue weighted by Crippen LogP contribution is -2.15. The fourth-order valence-corrected chi connectivity index (χ4v) is 6.87.